The summed E-state index contributed by atoms with van der Waals surface area (Å²) in [5, 5.41) is 1.80. The van der Waals surface area contributed by atoms with E-state index in [4.69, 9.17) is 30.5 Å². The van der Waals surface area contributed by atoms with Gasteiger partial charge in [0, 0.05) is 34.1 Å². The third kappa shape index (κ3) is 6.22. The van der Waals surface area contributed by atoms with Crippen LogP contribution in [0.25, 0.3) is 10.9 Å². The molecule has 1 N–H and O–H groups in total. The summed E-state index contributed by atoms with van der Waals surface area (Å²) in [6, 6.07) is 21.3. The normalized spacial score (nSPS) is 18.7. The van der Waals surface area contributed by atoms with Crippen LogP contribution < -0.4 is 9.47 Å². The first-order valence-electron chi connectivity index (χ1n) is 14.1. The molecule has 0 radical (unpaired) electrons. The topological polar surface area (TPSA) is 73.0 Å². The maximum atomic E-state index is 13.5. The fourth-order valence-corrected chi connectivity index (χ4v) is 5.69. The molecule has 1 fully saturated rings. The van der Waals surface area contributed by atoms with Gasteiger partial charge in [0.05, 0.1) is 25.9 Å². The van der Waals surface area contributed by atoms with E-state index < -0.39 is 5.79 Å². The van der Waals surface area contributed by atoms with Crippen molar-refractivity contribution in [3.63, 3.8) is 0 Å². The molecule has 41 heavy (non-hydrogen) atoms. The maximum Gasteiger partial charge on any atom is 0.415 e. The van der Waals surface area contributed by atoms with Gasteiger partial charge < -0.3 is 23.9 Å². The molecule has 4 aromatic rings. The summed E-state index contributed by atoms with van der Waals surface area (Å²) in [6.07, 6.45) is 0.977. The SMILES string of the molecule is Cc1ccc(OC(=O)N2CCc3c([nH]c4ccc(Cl)cc34)C2Cc2ccc(OCC3COC(C)(C)OC3)cc2)cc1. The molecule has 1 atom stereocenters. The number of hydrogen-bond acceptors (Lipinski definition) is 5. The van der Waals surface area contributed by atoms with Gasteiger partial charge in [0.2, 0.25) is 0 Å². The number of nitrogens with one attached hydrogen (secondary N) is 1. The molecule has 1 aromatic heterocycles. The third-order valence-electron chi connectivity index (χ3n) is 7.85. The number of hydrogen-bond donors (Lipinski definition) is 1. The number of aromatic amines is 1. The highest BCUT2D eigenvalue weighted by Gasteiger charge is 2.35. The van der Waals surface area contributed by atoms with Gasteiger partial charge in [-0.3, -0.25) is 4.90 Å². The zero-order valence-electron chi connectivity index (χ0n) is 23.6. The number of nitrogens with zero attached hydrogens (tertiary/aromatic N) is 1. The van der Waals surface area contributed by atoms with E-state index in [1.54, 1.807) is 0 Å². The van der Waals surface area contributed by atoms with Crippen molar-refractivity contribution in [3.05, 3.63) is 94.1 Å². The van der Waals surface area contributed by atoms with Gasteiger partial charge in [-0.2, -0.15) is 0 Å². The van der Waals surface area contributed by atoms with Crippen molar-refractivity contribution in [2.75, 3.05) is 26.4 Å². The Labute approximate surface area is 245 Å². The lowest BCUT2D eigenvalue weighted by atomic mass is 9.93. The van der Waals surface area contributed by atoms with Crippen molar-refractivity contribution < 1.29 is 23.7 Å². The van der Waals surface area contributed by atoms with Gasteiger partial charge >= 0.3 is 6.09 Å². The van der Waals surface area contributed by atoms with Crippen molar-refractivity contribution >= 4 is 28.6 Å². The first kappa shape index (κ1) is 27.6. The first-order chi connectivity index (χ1) is 19.7. The minimum absolute atomic E-state index is 0.187. The highest BCUT2D eigenvalue weighted by atomic mass is 35.5. The van der Waals surface area contributed by atoms with Crippen LogP contribution in [-0.4, -0.2) is 48.1 Å². The molecule has 214 valence electrons. The number of amides is 1. The standard InChI is InChI=1S/C33H35ClN2O5/c1-21-4-9-26(10-5-21)41-32(37)36-15-14-27-28-17-24(34)8-13-29(28)35-31(27)30(36)16-22-6-11-25(12-7-22)38-18-23-19-39-33(2,3)40-20-23/h4-13,17,23,30,35H,14-16,18-20H2,1-3H3. The van der Waals surface area contributed by atoms with Gasteiger partial charge in [-0.15, -0.1) is 0 Å². The molecule has 0 bridgehead atoms. The van der Waals surface area contributed by atoms with Crippen molar-refractivity contribution in [3.8, 4) is 11.5 Å². The second-order valence-electron chi connectivity index (χ2n) is 11.4. The Hall–Kier alpha value is -3.52. The minimum atomic E-state index is -0.533. The summed E-state index contributed by atoms with van der Waals surface area (Å²) < 4.78 is 23.3. The molecule has 0 aliphatic carbocycles. The van der Waals surface area contributed by atoms with E-state index in [0.29, 0.717) is 50.0 Å². The quantitative estimate of drug-likeness (QED) is 0.263. The molecule has 2 aliphatic heterocycles. The average molecular weight is 575 g/mol. The number of fused-ring (bicyclic) bond motifs is 3. The van der Waals surface area contributed by atoms with Crippen LogP contribution in [0, 0.1) is 12.8 Å². The molecule has 3 heterocycles. The number of benzene rings is 3. The smallest absolute Gasteiger partial charge is 0.415 e. The Kier molecular flexibility index (Phi) is 7.68. The van der Waals surface area contributed by atoms with Crippen LogP contribution in [0.3, 0.4) is 0 Å². The monoisotopic (exact) mass is 574 g/mol. The number of ether oxygens (including phenoxy) is 4. The Morgan fingerprint density at radius 1 is 1.02 bits per heavy atom. The lowest BCUT2D eigenvalue weighted by molar-refractivity contribution is -0.264. The molecule has 1 saturated heterocycles. The van der Waals surface area contributed by atoms with Gasteiger partial charge in [0.15, 0.2) is 5.79 Å². The Morgan fingerprint density at radius 2 is 1.73 bits per heavy atom. The van der Waals surface area contributed by atoms with Gasteiger partial charge in [0.25, 0.3) is 0 Å². The third-order valence-corrected chi connectivity index (χ3v) is 8.08. The van der Waals surface area contributed by atoms with Crippen LogP contribution in [0.15, 0.2) is 66.7 Å². The van der Waals surface area contributed by atoms with Crippen LogP contribution >= 0.6 is 11.6 Å². The molecule has 0 spiro atoms. The zero-order valence-corrected chi connectivity index (χ0v) is 24.4. The van der Waals surface area contributed by atoms with E-state index in [1.165, 1.54) is 5.56 Å². The number of rotatable bonds is 6. The second-order valence-corrected chi connectivity index (χ2v) is 11.8. The molecule has 8 heteroatoms. The lowest BCUT2D eigenvalue weighted by Crippen LogP contribution is -2.42. The van der Waals surface area contributed by atoms with E-state index in [1.807, 2.05) is 80.3 Å². The second kappa shape index (κ2) is 11.4. The van der Waals surface area contributed by atoms with Gasteiger partial charge in [-0.25, -0.2) is 4.79 Å². The number of aryl methyl sites for hydroxylation is 1. The Balaban J connectivity index is 1.21. The van der Waals surface area contributed by atoms with Crippen molar-refractivity contribution in [1.82, 2.24) is 9.88 Å². The molecule has 2 aliphatic rings. The molecular formula is C33H35ClN2O5. The Bertz CT molecular complexity index is 1520. The zero-order chi connectivity index (χ0) is 28.6. The number of carbonyl (C=O) groups is 1. The van der Waals surface area contributed by atoms with Crippen LogP contribution in [-0.2, 0) is 22.3 Å². The fraction of sp³-hybridized carbons (Fsp3) is 0.364. The van der Waals surface area contributed by atoms with E-state index in [2.05, 4.69) is 17.1 Å². The van der Waals surface area contributed by atoms with Crippen LogP contribution in [0.5, 0.6) is 11.5 Å². The average Bonchev–Trinajstić information content (AvgIpc) is 3.33. The molecule has 3 aromatic carbocycles. The molecule has 1 unspecified atom stereocenters. The van der Waals surface area contributed by atoms with Gasteiger partial charge in [0.1, 0.15) is 11.5 Å². The molecule has 7 nitrogen and oxygen atoms in total. The minimum Gasteiger partial charge on any atom is -0.493 e. The molecule has 6 rings (SSSR count). The predicted octanol–water partition coefficient (Wildman–Crippen LogP) is 7.25. The van der Waals surface area contributed by atoms with Crippen molar-refractivity contribution in [1.29, 1.82) is 0 Å². The molecular weight excluding hydrogens is 540 g/mol. The highest BCUT2D eigenvalue weighted by molar-refractivity contribution is 6.31. The Morgan fingerprint density at radius 3 is 2.46 bits per heavy atom. The number of halogens is 1. The summed E-state index contributed by atoms with van der Waals surface area (Å²) in [5.41, 5.74) is 5.44. The summed E-state index contributed by atoms with van der Waals surface area (Å²) in [4.78, 5) is 18.9. The van der Waals surface area contributed by atoms with Crippen molar-refractivity contribution in [2.24, 2.45) is 5.92 Å². The van der Waals surface area contributed by atoms with Gasteiger partial charge in [-0.1, -0.05) is 41.4 Å². The number of carbonyl (C=O) groups excluding carboxylic acids is 1. The fourth-order valence-electron chi connectivity index (χ4n) is 5.52. The summed E-state index contributed by atoms with van der Waals surface area (Å²) in [7, 11) is 0. The molecule has 1 amide bonds. The number of H-pyrrole nitrogens is 1. The van der Waals surface area contributed by atoms with E-state index in [9.17, 15) is 4.79 Å². The van der Waals surface area contributed by atoms with Gasteiger partial charge in [-0.05, 0) is 87.2 Å². The molecule has 0 saturated carbocycles. The number of aromatic nitrogens is 1. The predicted molar refractivity (Wildman–Crippen MR) is 159 cm³/mol. The lowest BCUT2D eigenvalue weighted by Gasteiger charge is -2.35. The van der Waals surface area contributed by atoms with Crippen LogP contribution in [0.2, 0.25) is 5.02 Å². The van der Waals surface area contributed by atoms with E-state index in [0.717, 1.165) is 33.5 Å². The summed E-state index contributed by atoms with van der Waals surface area (Å²) in [6.45, 7) is 8.15. The van der Waals surface area contributed by atoms with Crippen LogP contribution in [0.1, 0.15) is 42.3 Å². The van der Waals surface area contributed by atoms with Crippen molar-refractivity contribution in [2.45, 2.75) is 45.4 Å². The van der Waals surface area contributed by atoms with E-state index in [-0.39, 0.29) is 18.1 Å². The van der Waals surface area contributed by atoms with E-state index >= 15 is 0 Å². The maximum absolute atomic E-state index is 13.5. The first-order valence-corrected chi connectivity index (χ1v) is 14.5. The largest absolute Gasteiger partial charge is 0.493 e. The summed E-state index contributed by atoms with van der Waals surface area (Å²) >= 11 is 6.34. The van der Waals surface area contributed by atoms with Crippen LogP contribution in [0.4, 0.5) is 4.79 Å². The summed E-state index contributed by atoms with van der Waals surface area (Å²) in [5.74, 6) is 0.979. The highest BCUT2D eigenvalue weighted by Crippen LogP contribution is 2.38.